The number of ketones is 1. The number of carbonyl (C=O) groups is 1. The predicted molar refractivity (Wildman–Crippen MR) is 87.3 cm³/mol. The van der Waals surface area contributed by atoms with Crippen molar-refractivity contribution in [3.63, 3.8) is 0 Å². The maximum absolute atomic E-state index is 12.1. The zero-order chi connectivity index (χ0) is 16.4. The number of Topliss-reactive ketones (excluding diaryl/α,β-unsaturated/α-hetero) is 1. The second-order valence-corrected chi connectivity index (χ2v) is 9.15. The molecule has 0 amide bonds. The highest BCUT2D eigenvalue weighted by Crippen LogP contribution is 2.65. The largest absolute Gasteiger partial charge is 0.411 e. The first-order valence-corrected chi connectivity index (χ1v) is 9.32. The number of carbonyl (C=O) groups excluding carboxylic acids is 1. The van der Waals surface area contributed by atoms with Gasteiger partial charge in [-0.05, 0) is 73.0 Å². The molecule has 0 aromatic heterocycles. The van der Waals surface area contributed by atoms with Crippen molar-refractivity contribution in [1.29, 1.82) is 0 Å². The molecule has 4 fully saturated rings. The first-order valence-electron chi connectivity index (χ1n) is 9.32. The maximum atomic E-state index is 12.1. The number of aliphatic hydroxyl groups excluding tert-OH is 1. The predicted octanol–water partition coefficient (Wildman–Crippen LogP) is 3.40. The Morgan fingerprint density at radius 3 is 2.52 bits per heavy atom. The normalized spacial score (nSPS) is 54.5. The van der Waals surface area contributed by atoms with Crippen LogP contribution in [0.5, 0.6) is 0 Å². The van der Waals surface area contributed by atoms with E-state index in [9.17, 15) is 15.1 Å². The number of hydrogen-bond acceptors (Lipinski definition) is 4. The summed E-state index contributed by atoms with van der Waals surface area (Å²) in [6.45, 7) is 4.63. The molecular formula is C19H29NO3. The van der Waals surface area contributed by atoms with Gasteiger partial charge in [0.15, 0.2) is 5.78 Å². The van der Waals surface area contributed by atoms with Gasteiger partial charge < -0.3 is 10.3 Å². The summed E-state index contributed by atoms with van der Waals surface area (Å²) in [5.74, 6) is 2.39. The Labute approximate surface area is 138 Å². The summed E-state index contributed by atoms with van der Waals surface area (Å²) < 4.78 is 0. The lowest BCUT2D eigenvalue weighted by Gasteiger charge is -2.59. The average molecular weight is 319 g/mol. The van der Waals surface area contributed by atoms with Crippen molar-refractivity contribution in [3.8, 4) is 0 Å². The molecule has 4 aliphatic rings. The van der Waals surface area contributed by atoms with E-state index in [2.05, 4.69) is 19.0 Å². The van der Waals surface area contributed by atoms with Crippen LogP contribution in [0.4, 0.5) is 0 Å². The minimum atomic E-state index is -0.138. The number of hydrogen-bond donors (Lipinski definition) is 2. The molecule has 4 saturated carbocycles. The highest BCUT2D eigenvalue weighted by Gasteiger charge is 2.60. The fraction of sp³-hybridized carbons (Fsp3) is 0.895. The fourth-order valence-electron chi connectivity index (χ4n) is 7.01. The molecule has 4 rings (SSSR count). The molecule has 128 valence electrons. The lowest BCUT2D eigenvalue weighted by atomic mass is 9.45. The van der Waals surface area contributed by atoms with Crippen molar-refractivity contribution in [1.82, 2.24) is 0 Å². The molecule has 7 atom stereocenters. The topological polar surface area (TPSA) is 69.9 Å². The fourth-order valence-corrected chi connectivity index (χ4v) is 7.01. The van der Waals surface area contributed by atoms with Gasteiger partial charge in [0.05, 0.1) is 6.10 Å². The van der Waals surface area contributed by atoms with E-state index in [0.717, 1.165) is 32.1 Å². The molecule has 23 heavy (non-hydrogen) atoms. The van der Waals surface area contributed by atoms with Gasteiger partial charge in [-0.15, -0.1) is 0 Å². The Balaban J connectivity index is 1.66. The van der Waals surface area contributed by atoms with Crippen LogP contribution in [-0.4, -0.2) is 27.9 Å². The van der Waals surface area contributed by atoms with Crippen molar-refractivity contribution in [2.45, 2.75) is 71.3 Å². The third-order valence-corrected chi connectivity index (χ3v) is 8.44. The second-order valence-electron chi connectivity index (χ2n) is 9.15. The standard InChI is InChI=1S/C19H29NO3/c1-18-8-7-14-12(13(18)5-6-17(18)22)4-3-11-9-16(21)15(20-23)10-19(11,14)2/h11-14,17,22-23H,3-10H2,1-2H3/b20-15-/t11?,12?,13?,14?,17-,18?,19?/m0/s1. The second kappa shape index (κ2) is 5.05. The molecule has 2 N–H and O–H groups in total. The van der Waals surface area contributed by atoms with E-state index < -0.39 is 0 Å². The molecule has 6 unspecified atom stereocenters. The van der Waals surface area contributed by atoms with Gasteiger partial charge in [-0.25, -0.2) is 0 Å². The summed E-state index contributed by atoms with van der Waals surface area (Å²) in [7, 11) is 0. The number of fused-ring (bicyclic) bond motifs is 5. The van der Waals surface area contributed by atoms with Crippen LogP contribution in [0.1, 0.15) is 65.2 Å². The highest BCUT2D eigenvalue weighted by molar-refractivity contribution is 6.40. The first kappa shape index (κ1) is 15.6. The van der Waals surface area contributed by atoms with E-state index in [-0.39, 0.29) is 22.7 Å². The molecule has 0 heterocycles. The molecule has 4 nitrogen and oxygen atoms in total. The number of rotatable bonds is 0. The summed E-state index contributed by atoms with van der Waals surface area (Å²) in [6.07, 6.45) is 7.73. The summed E-state index contributed by atoms with van der Waals surface area (Å²) in [4.78, 5) is 12.1. The van der Waals surface area contributed by atoms with Crippen molar-refractivity contribution in [2.75, 3.05) is 0 Å². The molecule has 0 aromatic rings. The van der Waals surface area contributed by atoms with E-state index >= 15 is 0 Å². The van der Waals surface area contributed by atoms with E-state index in [1.54, 1.807) is 0 Å². The quantitative estimate of drug-likeness (QED) is 0.531. The van der Waals surface area contributed by atoms with Crippen LogP contribution in [0.25, 0.3) is 0 Å². The molecule has 4 aliphatic carbocycles. The Morgan fingerprint density at radius 2 is 1.78 bits per heavy atom. The van der Waals surface area contributed by atoms with Gasteiger partial charge in [0, 0.05) is 12.8 Å². The van der Waals surface area contributed by atoms with Gasteiger partial charge in [0.1, 0.15) is 5.71 Å². The van der Waals surface area contributed by atoms with Gasteiger partial charge in [-0.2, -0.15) is 0 Å². The summed E-state index contributed by atoms with van der Waals surface area (Å²) in [5, 5.41) is 23.0. The third-order valence-electron chi connectivity index (χ3n) is 8.44. The summed E-state index contributed by atoms with van der Waals surface area (Å²) >= 11 is 0. The zero-order valence-electron chi connectivity index (χ0n) is 14.3. The zero-order valence-corrected chi connectivity index (χ0v) is 14.3. The van der Waals surface area contributed by atoms with Crippen molar-refractivity contribution in [2.24, 2.45) is 39.7 Å². The minimum Gasteiger partial charge on any atom is -0.411 e. The smallest absolute Gasteiger partial charge is 0.180 e. The Hall–Kier alpha value is -0.900. The van der Waals surface area contributed by atoms with Gasteiger partial charge >= 0.3 is 0 Å². The van der Waals surface area contributed by atoms with Crippen LogP contribution in [0.2, 0.25) is 0 Å². The number of oxime groups is 1. The van der Waals surface area contributed by atoms with Crippen LogP contribution in [0.3, 0.4) is 0 Å². The highest BCUT2D eigenvalue weighted by atomic mass is 16.4. The lowest BCUT2D eigenvalue weighted by Crippen LogP contribution is -2.55. The lowest BCUT2D eigenvalue weighted by molar-refractivity contribution is -0.129. The minimum absolute atomic E-state index is 0.0466. The summed E-state index contributed by atoms with van der Waals surface area (Å²) in [5.41, 5.74) is 0.583. The van der Waals surface area contributed by atoms with Crippen LogP contribution in [0, 0.1) is 34.5 Å². The van der Waals surface area contributed by atoms with Gasteiger partial charge in [-0.1, -0.05) is 19.0 Å². The maximum Gasteiger partial charge on any atom is 0.180 e. The molecule has 0 saturated heterocycles. The molecule has 0 bridgehead atoms. The monoisotopic (exact) mass is 319 g/mol. The molecule has 0 spiro atoms. The molecule has 0 aliphatic heterocycles. The van der Waals surface area contributed by atoms with E-state index in [1.807, 2.05) is 0 Å². The SMILES string of the molecule is CC12C/C(=N/O)C(=O)CC1CCC1C2CCC2(C)C1CC[C@@H]2O. The van der Waals surface area contributed by atoms with E-state index in [4.69, 9.17) is 0 Å². The molecule has 0 aromatic carbocycles. The van der Waals surface area contributed by atoms with Gasteiger partial charge in [-0.3, -0.25) is 4.79 Å². The van der Waals surface area contributed by atoms with Gasteiger partial charge in [0.25, 0.3) is 0 Å². The van der Waals surface area contributed by atoms with Gasteiger partial charge in [0.2, 0.25) is 0 Å². The number of nitrogens with zero attached hydrogens (tertiary/aromatic N) is 1. The Kier molecular flexibility index (Phi) is 3.43. The molecule has 4 heteroatoms. The van der Waals surface area contributed by atoms with Crippen molar-refractivity contribution < 1.29 is 15.1 Å². The number of aliphatic hydroxyl groups is 1. The molecular weight excluding hydrogens is 290 g/mol. The Bertz CT molecular complexity index is 559. The molecule has 0 radical (unpaired) electrons. The Morgan fingerprint density at radius 1 is 1.04 bits per heavy atom. The van der Waals surface area contributed by atoms with E-state index in [0.29, 0.717) is 42.2 Å². The van der Waals surface area contributed by atoms with Crippen LogP contribution >= 0.6 is 0 Å². The van der Waals surface area contributed by atoms with Crippen LogP contribution in [-0.2, 0) is 4.79 Å². The first-order chi connectivity index (χ1) is 10.9. The van der Waals surface area contributed by atoms with Crippen LogP contribution < -0.4 is 0 Å². The average Bonchev–Trinajstić information content (AvgIpc) is 2.83. The third kappa shape index (κ3) is 2.00. The van der Waals surface area contributed by atoms with Crippen LogP contribution in [0.15, 0.2) is 5.16 Å². The van der Waals surface area contributed by atoms with Crippen molar-refractivity contribution in [3.05, 3.63) is 0 Å². The van der Waals surface area contributed by atoms with E-state index in [1.165, 1.54) is 6.42 Å². The summed E-state index contributed by atoms with van der Waals surface area (Å²) in [6, 6.07) is 0. The van der Waals surface area contributed by atoms with Crippen molar-refractivity contribution >= 4 is 11.5 Å².